The van der Waals surface area contributed by atoms with Gasteiger partial charge in [-0.15, -0.1) is 0 Å². The first-order valence-corrected chi connectivity index (χ1v) is 9.52. The first-order chi connectivity index (χ1) is 11.0. The molecule has 1 amide bonds. The smallest absolute Gasteiger partial charge is 0.251 e. The zero-order valence-electron chi connectivity index (χ0n) is 13.0. The van der Waals surface area contributed by atoms with E-state index in [0.717, 1.165) is 25.7 Å². The standard InChI is InChI=1S/C16H22N2O4S/c19-16(17-10-12-6-7-12)13-3-1-5-15(9-13)23(20,21)18-11-14-4-2-8-22-14/h1,3,5,9,12,14,18H,2,4,6-8,10-11H2,(H,17,19). The van der Waals surface area contributed by atoms with Crippen LogP contribution in [-0.2, 0) is 14.8 Å². The Bertz CT molecular complexity index is 664. The number of hydrogen-bond acceptors (Lipinski definition) is 4. The predicted octanol–water partition coefficient (Wildman–Crippen LogP) is 1.28. The minimum atomic E-state index is -3.63. The molecule has 1 unspecified atom stereocenters. The molecule has 23 heavy (non-hydrogen) atoms. The van der Waals surface area contributed by atoms with Crippen LogP contribution in [0.5, 0.6) is 0 Å². The molecule has 1 atom stereocenters. The molecule has 1 saturated heterocycles. The summed E-state index contributed by atoms with van der Waals surface area (Å²) in [4.78, 5) is 12.2. The second-order valence-electron chi connectivity index (χ2n) is 6.17. The summed E-state index contributed by atoms with van der Waals surface area (Å²) in [5, 5.41) is 2.84. The van der Waals surface area contributed by atoms with E-state index in [0.29, 0.717) is 24.6 Å². The summed E-state index contributed by atoms with van der Waals surface area (Å²) in [6.07, 6.45) is 4.08. The van der Waals surface area contributed by atoms with E-state index in [-0.39, 0.29) is 23.5 Å². The van der Waals surface area contributed by atoms with Crippen molar-refractivity contribution >= 4 is 15.9 Å². The topological polar surface area (TPSA) is 84.5 Å². The average Bonchev–Trinajstić information content (AvgIpc) is 3.24. The highest BCUT2D eigenvalue weighted by Gasteiger charge is 2.23. The molecule has 7 heteroatoms. The van der Waals surface area contributed by atoms with Gasteiger partial charge in [-0.2, -0.15) is 0 Å². The quantitative estimate of drug-likeness (QED) is 0.784. The van der Waals surface area contributed by atoms with Crippen molar-refractivity contribution in [2.24, 2.45) is 5.92 Å². The molecule has 2 N–H and O–H groups in total. The Kier molecular flexibility index (Phi) is 4.99. The van der Waals surface area contributed by atoms with Gasteiger partial charge in [-0.1, -0.05) is 6.07 Å². The number of amides is 1. The highest BCUT2D eigenvalue weighted by molar-refractivity contribution is 7.89. The molecule has 0 aromatic heterocycles. The lowest BCUT2D eigenvalue weighted by atomic mass is 10.2. The molecule has 0 radical (unpaired) electrons. The number of nitrogens with one attached hydrogen (secondary N) is 2. The number of benzene rings is 1. The van der Waals surface area contributed by atoms with Crippen LogP contribution in [0.1, 0.15) is 36.0 Å². The summed E-state index contributed by atoms with van der Waals surface area (Å²) in [7, 11) is -3.63. The number of hydrogen-bond donors (Lipinski definition) is 2. The molecule has 1 saturated carbocycles. The fourth-order valence-corrected chi connectivity index (χ4v) is 3.67. The molecule has 6 nitrogen and oxygen atoms in total. The molecule has 3 rings (SSSR count). The molecular weight excluding hydrogens is 316 g/mol. The lowest BCUT2D eigenvalue weighted by Gasteiger charge is -2.12. The van der Waals surface area contributed by atoms with E-state index >= 15 is 0 Å². The molecule has 1 heterocycles. The minimum Gasteiger partial charge on any atom is -0.377 e. The SMILES string of the molecule is O=C(NCC1CC1)c1cccc(S(=O)(=O)NCC2CCCO2)c1. The predicted molar refractivity (Wildman–Crippen MR) is 85.7 cm³/mol. The van der Waals surface area contributed by atoms with Crippen LogP contribution in [0, 0.1) is 5.92 Å². The van der Waals surface area contributed by atoms with Gasteiger partial charge in [0.15, 0.2) is 0 Å². The molecule has 2 aliphatic rings. The van der Waals surface area contributed by atoms with E-state index in [1.807, 2.05) is 0 Å². The second-order valence-corrected chi connectivity index (χ2v) is 7.94. The summed E-state index contributed by atoms with van der Waals surface area (Å²) in [5.74, 6) is 0.354. The van der Waals surface area contributed by atoms with Crippen molar-refractivity contribution in [2.45, 2.75) is 36.7 Å². The van der Waals surface area contributed by atoms with Gasteiger partial charge in [-0.25, -0.2) is 13.1 Å². The Morgan fingerprint density at radius 3 is 2.74 bits per heavy atom. The summed E-state index contributed by atoms with van der Waals surface area (Å²) >= 11 is 0. The van der Waals surface area contributed by atoms with Crippen molar-refractivity contribution in [2.75, 3.05) is 19.7 Å². The van der Waals surface area contributed by atoms with Gasteiger partial charge >= 0.3 is 0 Å². The van der Waals surface area contributed by atoms with Gasteiger partial charge in [0.25, 0.3) is 5.91 Å². The van der Waals surface area contributed by atoms with E-state index in [2.05, 4.69) is 10.0 Å². The number of rotatable bonds is 7. The van der Waals surface area contributed by atoms with Gasteiger partial charge in [0.1, 0.15) is 0 Å². The van der Waals surface area contributed by atoms with Crippen molar-refractivity contribution in [3.05, 3.63) is 29.8 Å². The van der Waals surface area contributed by atoms with Gasteiger partial charge in [0.05, 0.1) is 11.0 Å². The molecular formula is C16H22N2O4S. The first-order valence-electron chi connectivity index (χ1n) is 8.04. The van der Waals surface area contributed by atoms with Crippen molar-refractivity contribution in [1.82, 2.24) is 10.0 Å². The molecule has 126 valence electrons. The highest BCUT2D eigenvalue weighted by Crippen LogP contribution is 2.27. The normalized spacial score (nSPS) is 21.3. The van der Waals surface area contributed by atoms with E-state index in [4.69, 9.17) is 4.74 Å². The van der Waals surface area contributed by atoms with E-state index in [9.17, 15) is 13.2 Å². The fourth-order valence-electron chi connectivity index (χ4n) is 2.56. The zero-order valence-corrected chi connectivity index (χ0v) is 13.8. The van der Waals surface area contributed by atoms with Crippen LogP contribution in [0.3, 0.4) is 0 Å². The number of ether oxygens (including phenoxy) is 1. The number of sulfonamides is 1. The third-order valence-electron chi connectivity index (χ3n) is 4.18. The Balaban J connectivity index is 1.63. The maximum absolute atomic E-state index is 12.3. The third-order valence-corrected chi connectivity index (χ3v) is 5.60. The van der Waals surface area contributed by atoms with Crippen molar-refractivity contribution < 1.29 is 17.9 Å². The van der Waals surface area contributed by atoms with Crippen molar-refractivity contribution in [3.8, 4) is 0 Å². The molecule has 1 aliphatic heterocycles. The second kappa shape index (κ2) is 6.98. The molecule has 1 aromatic carbocycles. The van der Waals surface area contributed by atoms with Crippen LogP contribution < -0.4 is 10.0 Å². The van der Waals surface area contributed by atoms with Gasteiger partial charge in [-0.3, -0.25) is 4.79 Å². The van der Waals surface area contributed by atoms with E-state index in [1.54, 1.807) is 12.1 Å². The Hall–Kier alpha value is -1.44. The van der Waals surface area contributed by atoms with Gasteiger partial charge < -0.3 is 10.1 Å². The number of carbonyl (C=O) groups is 1. The van der Waals surface area contributed by atoms with Crippen LogP contribution in [0.2, 0.25) is 0 Å². The average molecular weight is 338 g/mol. The van der Waals surface area contributed by atoms with E-state index in [1.165, 1.54) is 12.1 Å². The third kappa shape index (κ3) is 4.53. The monoisotopic (exact) mass is 338 g/mol. The Morgan fingerprint density at radius 1 is 1.22 bits per heavy atom. The van der Waals surface area contributed by atoms with E-state index < -0.39 is 10.0 Å². The lowest BCUT2D eigenvalue weighted by molar-refractivity contribution is 0.0951. The summed E-state index contributed by atoms with van der Waals surface area (Å²) in [5.41, 5.74) is 0.366. The Morgan fingerprint density at radius 2 is 2.04 bits per heavy atom. The van der Waals surface area contributed by atoms with Gasteiger partial charge in [-0.05, 0) is 49.8 Å². The van der Waals surface area contributed by atoms with Crippen molar-refractivity contribution in [1.29, 1.82) is 0 Å². The van der Waals surface area contributed by atoms with Crippen LogP contribution in [-0.4, -0.2) is 40.1 Å². The lowest BCUT2D eigenvalue weighted by Crippen LogP contribution is -2.32. The first kappa shape index (κ1) is 16.4. The van der Waals surface area contributed by atoms with Crippen LogP contribution >= 0.6 is 0 Å². The Labute approximate surface area is 136 Å². The summed E-state index contributed by atoms with van der Waals surface area (Å²) in [6, 6.07) is 6.13. The molecule has 1 aliphatic carbocycles. The fraction of sp³-hybridized carbons (Fsp3) is 0.562. The zero-order chi connectivity index (χ0) is 16.3. The van der Waals surface area contributed by atoms with Crippen molar-refractivity contribution in [3.63, 3.8) is 0 Å². The van der Waals surface area contributed by atoms with Crippen LogP contribution in [0.4, 0.5) is 0 Å². The molecule has 0 spiro atoms. The molecule has 1 aromatic rings. The minimum absolute atomic E-state index is 0.0604. The maximum atomic E-state index is 12.3. The maximum Gasteiger partial charge on any atom is 0.251 e. The van der Waals surface area contributed by atoms with Crippen LogP contribution in [0.15, 0.2) is 29.2 Å². The number of carbonyl (C=O) groups excluding carboxylic acids is 1. The highest BCUT2D eigenvalue weighted by atomic mass is 32.2. The molecule has 2 fully saturated rings. The van der Waals surface area contributed by atoms with Gasteiger partial charge in [0, 0.05) is 25.3 Å². The van der Waals surface area contributed by atoms with Gasteiger partial charge in [0.2, 0.25) is 10.0 Å². The summed E-state index contributed by atoms with van der Waals surface area (Å²) < 4.78 is 32.7. The summed E-state index contributed by atoms with van der Waals surface area (Å²) in [6.45, 7) is 1.61. The molecule has 0 bridgehead atoms. The largest absolute Gasteiger partial charge is 0.377 e. The van der Waals surface area contributed by atoms with Crippen LogP contribution in [0.25, 0.3) is 0 Å².